The molecule has 0 aromatic carbocycles. The highest BCUT2D eigenvalue weighted by molar-refractivity contribution is 6.08. The fourth-order valence-corrected chi connectivity index (χ4v) is 2.70. The molecule has 1 aromatic heterocycles. The van der Waals surface area contributed by atoms with Gasteiger partial charge in [0.25, 0.3) is 0 Å². The van der Waals surface area contributed by atoms with E-state index in [-0.39, 0.29) is 11.9 Å². The van der Waals surface area contributed by atoms with E-state index in [2.05, 4.69) is 39.4 Å². The first-order valence-corrected chi connectivity index (χ1v) is 7.27. The van der Waals surface area contributed by atoms with Gasteiger partial charge in [0.1, 0.15) is 23.9 Å². The number of nitrogens with zero attached hydrogens (tertiary/aromatic N) is 4. The van der Waals surface area contributed by atoms with Gasteiger partial charge in [-0.25, -0.2) is 9.97 Å². The van der Waals surface area contributed by atoms with Crippen molar-refractivity contribution in [3.63, 3.8) is 0 Å². The first-order valence-electron chi connectivity index (χ1n) is 7.27. The van der Waals surface area contributed by atoms with Gasteiger partial charge in [0.05, 0.1) is 6.54 Å². The van der Waals surface area contributed by atoms with E-state index in [9.17, 15) is 4.79 Å². The van der Waals surface area contributed by atoms with E-state index in [0.717, 1.165) is 25.3 Å². The van der Waals surface area contributed by atoms with Crippen molar-refractivity contribution in [1.29, 1.82) is 0 Å². The second-order valence-electron chi connectivity index (χ2n) is 5.82. The molecule has 112 valence electrons. The number of nitrogens with one attached hydrogen (secondary N) is 2. The zero-order chi connectivity index (χ0) is 15.0. The molecule has 1 amide bonds. The molecule has 3 heterocycles. The third-order valence-corrected chi connectivity index (χ3v) is 3.72. The topological polar surface area (TPSA) is 82.5 Å². The summed E-state index contributed by atoms with van der Waals surface area (Å²) in [7, 11) is 0. The van der Waals surface area contributed by atoms with Gasteiger partial charge in [0, 0.05) is 6.54 Å². The van der Waals surface area contributed by atoms with Crippen molar-refractivity contribution in [1.82, 2.24) is 9.97 Å². The van der Waals surface area contributed by atoms with Crippen molar-refractivity contribution in [3.05, 3.63) is 6.33 Å². The molecule has 0 saturated carbocycles. The van der Waals surface area contributed by atoms with E-state index in [1.54, 1.807) is 0 Å². The van der Waals surface area contributed by atoms with Crippen LogP contribution in [-0.4, -0.2) is 40.8 Å². The Bertz CT molecular complexity index is 597. The highest BCUT2D eigenvalue weighted by Gasteiger charge is 2.31. The Morgan fingerprint density at radius 1 is 1.43 bits per heavy atom. The molecular formula is C14H20N6O. The molecule has 2 aliphatic heterocycles. The Hall–Kier alpha value is -2.18. The van der Waals surface area contributed by atoms with E-state index in [4.69, 9.17) is 0 Å². The van der Waals surface area contributed by atoms with Gasteiger partial charge >= 0.3 is 0 Å². The molecule has 7 heteroatoms. The molecule has 0 aliphatic carbocycles. The maximum absolute atomic E-state index is 12.3. The van der Waals surface area contributed by atoms with Crippen molar-refractivity contribution < 1.29 is 4.79 Å². The lowest BCUT2D eigenvalue weighted by atomic mass is 10.0. The summed E-state index contributed by atoms with van der Waals surface area (Å²) in [6, 6.07) is -0.242. The quantitative estimate of drug-likeness (QED) is 0.880. The van der Waals surface area contributed by atoms with E-state index in [1.807, 2.05) is 11.8 Å². The SMILES string of the molecule is CC1=NCCN1c1ncnc2c1NC(=O)C(CC(C)C)N2. The molecule has 3 rings (SSSR count). The van der Waals surface area contributed by atoms with Crippen LogP contribution in [0.1, 0.15) is 27.2 Å². The monoisotopic (exact) mass is 288 g/mol. The molecule has 2 N–H and O–H groups in total. The van der Waals surface area contributed by atoms with Crippen molar-refractivity contribution in [2.24, 2.45) is 10.9 Å². The van der Waals surface area contributed by atoms with Crippen LogP contribution in [-0.2, 0) is 4.79 Å². The number of hydrogen-bond acceptors (Lipinski definition) is 6. The fraction of sp³-hybridized carbons (Fsp3) is 0.571. The Labute approximate surface area is 123 Å². The Kier molecular flexibility index (Phi) is 3.48. The number of carbonyl (C=O) groups excluding carboxylic acids is 1. The number of anilines is 3. The fourth-order valence-electron chi connectivity index (χ4n) is 2.70. The lowest BCUT2D eigenvalue weighted by molar-refractivity contribution is -0.117. The highest BCUT2D eigenvalue weighted by Crippen LogP contribution is 2.34. The average molecular weight is 288 g/mol. The molecule has 0 saturated heterocycles. The van der Waals surface area contributed by atoms with Gasteiger partial charge in [-0.3, -0.25) is 9.79 Å². The number of carbonyl (C=O) groups is 1. The normalized spacial score (nSPS) is 21.0. The van der Waals surface area contributed by atoms with E-state index in [0.29, 0.717) is 23.2 Å². The van der Waals surface area contributed by atoms with Crippen LogP contribution in [0.25, 0.3) is 0 Å². The lowest BCUT2D eigenvalue weighted by Gasteiger charge is -2.29. The van der Waals surface area contributed by atoms with E-state index >= 15 is 0 Å². The largest absolute Gasteiger partial charge is 0.356 e. The first-order chi connectivity index (χ1) is 10.1. The smallest absolute Gasteiger partial charge is 0.247 e. The third-order valence-electron chi connectivity index (χ3n) is 3.72. The predicted octanol–water partition coefficient (Wildman–Crippen LogP) is 1.49. The first kappa shape index (κ1) is 13.8. The molecule has 0 fully saturated rings. The Morgan fingerprint density at radius 3 is 2.90 bits per heavy atom. The maximum Gasteiger partial charge on any atom is 0.247 e. The van der Waals surface area contributed by atoms with Gasteiger partial charge < -0.3 is 15.5 Å². The number of amides is 1. The second kappa shape index (κ2) is 5.31. The molecule has 7 nitrogen and oxygen atoms in total. The number of fused-ring (bicyclic) bond motifs is 1. The number of rotatable bonds is 3. The van der Waals surface area contributed by atoms with Gasteiger partial charge in [-0.1, -0.05) is 13.8 Å². The Balaban J connectivity index is 1.92. The van der Waals surface area contributed by atoms with Crippen LogP contribution in [0, 0.1) is 5.92 Å². The summed E-state index contributed by atoms with van der Waals surface area (Å²) >= 11 is 0. The molecule has 21 heavy (non-hydrogen) atoms. The van der Waals surface area contributed by atoms with Crippen molar-refractivity contribution in [2.75, 3.05) is 28.6 Å². The van der Waals surface area contributed by atoms with Crippen LogP contribution in [0.4, 0.5) is 17.3 Å². The minimum atomic E-state index is -0.242. The minimum Gasteiger partial charge on any atom is -0.356 e. The van der Waals surface area contributed by atoms with Crippen molar-refractivity contribution in [2.45, 2.75) is 33.2 Å². The average Bonchev–Trinajstić information content (AvgIpc) is 2.85. The summed E-state index contributed by atoms with van der Waals surface area (Å²) in [5, 5.41) is 6.19. The van der Waals surface area contributed by atoms with Crippen LogP contribution in [0.2, 0.25) is 0 Å². The second-order valence-corrected chi connectivity index (χ2v) is 5.82. The molecule has 2 aliphatic rings. The summed E-state index contributed by atoms with van der Waals surface area (Å²) in [6.45, 7) is 7.67. The molecular weight excluding hydrogens is 268 g/mol. The predicted molar refractivity (Wildman–Crippen MR) is 82.8 cm³/mol. The summed E-state index contributed by atoms with van der Waals surface area (Å²) < 4.78 is 0. The summed E-state index contributed by atoms with van der Waals surface area (Å²) in [6.07, 6.45) is 2.30. The summed E-state index contributed by atoms with van der Waals surface area (Å²) in [4.78, 5) is 27.2. The van der Waals surface area contributed by atoms with Crippen LogP contribution >= 0.6 is 0 Å². The number of aliphatic imine (C=N–C) groups is 1. The van der Waals surface area contributed by atoms with Gasteiger partial charge in [-0.05, 0) is 19.3 Å². The summed E-state index contributed by atoms with van der Waals surface area (Å²) in [5.74, 6) is 2.71. The molecule has 1 atom stereocenters. The molecule has 0 bridgehead atoms. The van der Waals surface area contributed by atoms with E-state index < -0.39 is 0 Å². The molecule has 0 spiro atoms. The standard InChI is InChI=1S/C14H20N6O/c1-8(2)6-10-14(21)19-11-12(18-10)16-7-17-13(11)20-5-4-15-9(20)3/h7-8,10H,4-6H2,1-3H3,(H,19,21)(H,16,17,18). The van der Waals surface area contributed by atoms with Crippen LogP contribution in [0.3, 0.4) is 0 Å². The number of aromatic nitrogens is 2. The van der Waals surface area contributed by atoms with E-state index in [1.165, 1.54) is 6.33 Å². The number of amidine groups is 1. The lowest BCUT2D eigenvalue weighted by Crippen LogP contribution is -2.41. The number of hydrogen-bond donors (Lipinski definition) is 2. The van der Waals surface area contributed by atoms with Gasteiger partial charge in [0.15, 0.2) is 11.6 Å². The highest BCUT2D eigenvalue weighted by atomic mass is 16.2. The van der Waals surface area contributed by atoms with Gasteiger partial charge in [0.2, 0.25) is 5.91 Å². The zero-order valence-corrected chi connectivity index (χ0v) is 12.6. The minimum absolute atomic E-state index is 0.0268. The van der Waals surface area contributed by atoms with Gasteiger partial charge in [-0.2, -0.15) is 0 Å². The maximum atomic E-state index is 12.3. The zero-order valence-electron chi connectivity index (χ0n) is 12.6. The van der Waals surface area contributed by atoms with Crippen LogP contribution in [0.15, 0.2) is 11.3 Å². The molecule has 0 radical (unpaired) electrons. The van der Waals surface area contributed by atoms with Crippen molar-refractivity contribution in [3.8, 4) is 0 Å². The summed E-state index contributed by atoms with van der Waals surface area (Å²) in [5.41, 5.74) is 0.652. The Morgan fingerprint density at radius 2 is 2.24 bits per heavy atom. The van der Waals surface area contributed by atoms with Crippen molar-refractivity contribution >= 4 is 29.1 Å². The molecule has 1 unspecified atom stereocenters. The van der Waals surface area contributed by atoms with Crippen LogP contribution in [0.5, 0.6) is 0 Å². The molecule has 1 aromatic rings. The van der Waals surface area contributed by atoms with Gasteiger partial charge in [-0.15, -0.1) is 0 Å². The van der Waals surface area contributed by atoms with Crippen LogP contribution < -0.4 is 15.5 Å². The third kappa shape index (κ3) is 2.55.